The van der Waals surface area contributed by atoms with Gasteiger partial charge in [-0.2, -0.15) is 0 Å². The lowest BCUT2D eigenvalue weighted by Crippen LogP contribution is -2.19. The molecule has 0 radical (unpaired) electrons. The summed E-state index contributed by atoms with van der Waals surface area (Å²) in [5.41, 5.74) is 6.14. The molecule has 0 heterocycles. The number of rotatable bonds is 6. The summed E-state index contributed by atoms with van der Waals surface area (Å²) in [6, 6.07) is 6.54. The van der Waals surface area contributed by atoms with Gasteiger partial charge in [-0.3, -0.25) is 5.41 Å². The maximum atomic E-state index is 13.0. The van der Waals surface area contributed by atoms with E-state index >= 15 is 0 Å². The molecule has 0 aliphatic heterocycles. The highest BCUT2D eigenvalue weighted by Crippen LogP contribution is 2.14. The van der Waals surface area contributed by atoms with Crippen molar-refractivity contribution in [1.29, 1.82) is 5.41 Å². The minimum Gasteiger partial charge on any atom is -0.388 e. The first-order chi connectivity index (χ1) is 7.59. The van der Waals surface area contributed by atoms with Crippen LogP contribution in [0, 0.1) is 11.2 Å². The van der Waals surface area contributed by atoms with Gasteiger partial charge in [0.1, 0.15) is 5.82 Å². The molecule has 1 aromatic carbocycles. The zero-order chi connectivity index (χ0) is 12.0. The summed E-state index contributed by atoms with van der Waals surface area (Å²) >= 11 is 0. The maximum absolute atomic E-state index is 13.0. The molecule has 4 heteroatoms. The van der Waals surface area contributed by atoms with Crippen LogP contribution in [0.1, 0.15) is 19.3 Å². The van der Waals surface area contributed by atoms with Gasteiger partial charge in [0.25, 0.3) is 0 Å². The molecule has 16 heavy (non-hydrogen) atoms. The Bertz CT molecular complexity index is 352. The van der Waals surface area contributed by atoms with E-state index in [1.807, 2.05) is 18.0 Å². The second kappa shape index (κ2) is 6.10. The Kier molecular flexibility index (Phi) is 4.76. The van der Waals surface area contributed by atoms with Gasteiger partial charge in [-0.05, 0) is 31.0 Å². The first-order valence-electron chi connectivity index (χ1n) is 5.39. The van der Waals surface area contributed by atoms with E-state index in [4.69, 9.17) is 11.1 Å². The Morgan fingerprint density at radius 1 is 1.44 bits per heavy atom. The van der Waals surface area contributed by atoms with Crippen LogP contribution in [0.2, 0.25) is 0 Å². The fourth-order valence-electron chi connectivity index (χ4n) is 1.51. The smallest absolute Gasteiger partial charge is 0.125 e. The quantitative estimate of drug-likeness (QED) is 0.442. The third kappa shape index (κ3) is 4.29. The van der Waals surface area contributed by atoms with Gasteiger partial charge in [0.2, 0.25) is 0 Å². The van der Waals surface area contributed by atoms with Crippen molar-refractivity contribution in [1.82, 2.24) is 0 Å². The average molecular weight is 223 g/mol. The lowest BCUT2D eigenvalue weighted by Gasteiger charge is -2.19. The van der Waals surface area contributed by atoms with E-state index in [1.54, 1.807) is 6.07 Å². The SMILES string of the molecule is CN(CCCCC(=N)N)c1cccc(F)c1. The third-order valence-electron chi connectivity index (χ3n) is 2.44. The van der Waals surface area contributed by atoms with E-state index in [0.717, 1.165) is 25.1 Å². The normalized spacial score (nSPS) is 10.1. The van der Waals surface area contributed by atoms with E-state index in [1.165, 1.54) is 12.1 Å². The Morgan fingerprint density at radius 3 is 2.81 bits per heavy atom. The van der Waals surface area contributed by atoms with Gasteiger partial charge in [0.05, 0.1) is 5.84 Å². The van der Waals surface area contributed by atoms with E-state index in [0.29, 0.717) is 6.42 Å². The van der Waals surface area contributed by atoms with Gasteiger partial charge in [0.15, 0.2) is 0 Å². The number of unbranched alkanes of at least 4 members (excludes halogenated alkanes) is 1. The van der Waals surface area contributed by atoms with Crippen molar-refractivity contribution in [2.75, 3.05) is 18.5 Å². The number of hydrogen-bond donors (Lipinski definition) is 2. The van der Waals surface area contributed by atoms with E-state index in [-0.39, 0.29) is 11.7 Å². The summed E-state index contributed by atoms with van der Waals surface area (Å²) in [7, 11) is 1.93. The van der Waals surface area contributed by atoms with Crippen molar-refractivity contribution in [3.05, 3.63) is 30.1 Å². The lowest BCUT2D eigenvalue weighted by molar-refractivity contribution is 0.626. The highest BCUT2D eigenvalue weighted by molar-refractivity contribution is 5.76. The standard InChI is InChI=1S/C12H18FN3/c1-16(8-3-2-7-12(14)15)11-6-4-5-10(13)9-11/h4-6,9H,2-3,7-8H2,1H3,(H3,14,15). The van der Waals surface area contributed by atoms with Gasteiger partial charge in [-0.1, -0.05) is 6.07 Å². The Labute approximate surface area is 95.6 Å². The summed E-state index contributed by atoms with van der Waals surface area (Å²) in [5.74, 6) is 0.0153. The van der Waals surface area contributed by atoms with Crippen molar-refractivity contribution in [3.8, 4) is 0 Å². The molecule has 0 amide bonds. The van der Waals surface area contributed by atoms with Gasteiger partial charge in [-0.25, -0.2) is 4.39 Å². The number of nitrogens with zero attached hydrogens (tertiary/aromatic N) is 1. The number of benzene rings is 1. The molecule has 3 N–H and O–H groups in total. The molecule has 0 aliphatic carbocycles. The second-order valence-electron chi connectivity index (χ2n) is 3.88. The fourth-order valence-corrected chi connectivity index (χ4v) is 1.51. The summed E-state index contributed by atoms with van der Waals surface area (Å²) < 4.78 is 13.0. The van der Waals surface area contributed by atoms with Crippen molar-refractivity contribution in [2.45, 2.75) is 19.3 Å². The highest BCUT2D eigenvalue weighted by atomic mass is 19.1. The molecule has 0 fully saturated rings. The summed E-state index contributed by atoms with van der Waals surface area (Å²) in [4.78, 5) is 2.00. The largest absolute Gasteiger partial charge is 0.388 e. The van der Waals surface area contributed by atoms with Crippen LogP contribution in [0.3, 0.4) is 0 Å². The molecule has 0 saturated heterocycles. The van der Waals surface area contributed by atoms with Crippen LogP contribution in [0.15, 0.2) is 24.3 Å². The van der Waals surface area contributed by atoms with Crippen LogP contribution in [-0.4, -0.2) is 19.4 Å². The third-order valence-corrected chi connectivity index (χ3v) is 2.44. The molecule has 88 valence electrons. The lowest BCUT2D eigenvalue weighted by atomic mass is 10.2. The predicted molar refractivity (Wildman–Crippen MR) is 65.4 cm³/mol. The fraction of sp³-hybridized carbons (Fsp3) is 0.417. The molecule has 0 aliphatic rings. The van der Waals surface area contributed by atoms with Crippen LogP contribution in [0.4, 0.5) is 10.1 Å². The molecule has 1 rings (SSSR count). The van der Waals surface area contributed by atoms with Crippen LogP contribution in [0.25, 0.3) is 0 Å². The molecule has 3 nitrogen and oxygen atoms in total. The molecule has 0 aromatic heterocycles. The summed E-state index contributed by atoms with van der Waals surface area (Å²) in [6.45, 7) is 0.844. The van der Waals surface area contributed by atoms with E-state index in [2.05, 4.69) is 0 Å². The molecule has 0 atom stereocenters. The Morgan fingerprint density at radius 2 is 2.19 bits per heavy atom. The number of hydrogen-bond acceptors (Lipinski definition) is 2. The van der Waals surface area contributed by atoms with Gasteiger partial charge >= 0.3 is 0 Å². The molecule has 1 aromatic rings. The molecular formula is C12H18FN3. The number of nitrogens with two attached hydrogens (primary N) is 1. The Hall–Kier alpha value is -1.58. The first-order valence-corrected chi connectivity index (χ1v) is 5.39. The topological polar surface area (TPSA) is 53.1 Å². The monoisotopic (exact) mass is 223 g/mol. The van der Waals surface area contributed by atoms with Crippen molar-refractivity contribution in [2.24, 2.45) is 5.73 Å². The Balaban J connectivity index is 2.35. The van der Waals surface area contributed by atoms with Crippen LogP contribution >= 0.6 is 0 Å². The minimum absolute atomic E-state index is 0.215. The summed E-state index contributed by atoms with van der Waals surface area (Å²) in [5, 5.41) is 7.09. The van der Waals surface area contributed by atoms with Gasteiger partial charge < -0.3 is 10.6 Å². The van der Waals surface area contributed by atoms with Crippen LogP contribution < -0.4 is 10.6 Å². The highest BCUT2D eigenvalue weighted by Gasteiger charge is 2.01. The number of nitrogens with one attached hydrogen (secondary N) is 1. The number of anilines is 1. The molecule has 0 unspecified atom stereocenters. The van der Waals surface area contributed by atoms with Crippen molar-refractivity contribution >= 4 is 11.5 Å². The minimum atomic E-state index is -0.215. The number of halogens is 1. The van der Waals surface area contributed by atoms with E-state index in [9.17, 15) is 4.39 Å². The second-order valence-corrected chi connectivity index (χ2v) is 3.88. The zero-order valence-corrected chi connectivity index (χ0v) is 9.54. The molecule has 0 bridgehead atoms. The molecule has 0 spiro atoms. The van der Waals surface area contributed by atoms with Gasteiger partial charge in [-0.15, -0.1) is 0 Å². The summed E-state index contributed by atoms with van der Waals surface area (Å²) in [6.07, 6.45) is 2.48. The van der Waals surface area contributed by atoms with Crippen molar-refractivity contribution in [3.63, 3.8) is 0 Å². The zero-order valence-electron chi connectivity index (χ0n) is 9.54. The van der Waals surface area contributed by atoms with Crippen LogP contribution in [0.5, 0.6) is 0 Å². The van der Waals surface area contributed by atoms with E-state index < -0.39 is 0 Å². The van der Waals surface area contributed by atoms with Crippen molar-refractivity contribution < 1.29 is 4.39 Å². The number of amidine groups is 1. The molecular weight excluding hydrogens is 205 g/mol. The van der Waals surface area contributed by atoms with Gasteiger partial charge in [0, 0.05) is 25.7 Å². The average Bonchev–Trinajstić information content (AvgIpc) is 2.24. The first kappa shape index (κ1) is 12.5. The predicted octanol–water partition coefficient (Wildman–Crippen LogP) is 2.37. The maximum Gasteiger partial charge on any atom is 0.125 e. The molecule has 0 saturated carbocycles. The van der Waals surface area contributed by atoms with Crippen LogP contribution in [-0.2, 0) is 0 Å².